The van der Waals surface area contributed by atoms with Crippen LogP contribution >= 0.6 is 0 Å². The molecular weight excluding hydrogens is 392 g/mol. The second-order valence-corrected chi connectivity index (χ2v) is 10.1. The molecule has 5 atom stereocenters. The van der Waals surface area contributed by atoms with E-state index in [1.54, 1.807) is 0 Å². The van der Waals surface area contributed by atoms with Crippen molar-refractivity contribution in [3.8, 4) is 5.75 Å². The molecule has 0 radical (unpaired) electrons. The van der Waals surface area contributed by atoms with Crippen molar-refractivity contribution in [2.24, 2.45) is 17.3 Å². The van der Waals surface area contributed by atoms with Crippen molar-refractivity contribution in [3.63, 3.8) is 0 Å². The van der Waals surface area contributed by atoms with E-state index in [1.165, 1.54) is 0 Å². The van der Waals surface area contributed by atoms with Gasteiger partial charge in [-0.3, -0.25) is 4.79 Å². The quantitative estimate of drug-likeness (QED) is 0.446. The van der Waals surface area contributed by atoms with Crippen LogP contribution < -0.4 is 4.74 Å². The minimum absolute atomic E-state index is 0.0000960. The monoisotopic (exact) mass is 432 g/mol. The number of benzene rings is 1. The van der Waals surface area contributed by atoms with Crippen molar-refractivity contribution < 1.29 is 24.5 Å². The van der Waals surface area contributed by atoms with E-state index < -0.39 is 5.97 Å². The zero-order chi connectivity index (χ0) is 22.4. The highest BCUT2D eigenvalue weighted by Gasteiger charge is 2.48. The number of hydrogen-bond acceptors (Lipinski definition) is 4. The lowest BCUT2D eigenvalue weighted by molar-refractivity contribution is -0.137. The van der Waals surface area contributed by atoms with Gasteiger partial charge in [-0.2, -0.15) is 0 Å². The van der Waals surface area contributed by atoms with Gasteiger partial charge in [0.1, 0.15) is 5.75 Å². The summed E-state index contributed by atoms with van der Waals surface area (Å²) < 4.78 is 12.1. The van der Waals surface area contributed by atoms with Gasteiger partial charge in [-0.05, 0) is 67.4 Å². The number of aliphatic hydroxyl groups excluding tert-OH is 1. The smallest absolute Gasteiger partial charge is 0.306 e. The summed E-state index contributed by atoms with van der Waals surface area (Å²) in [5.41, 5.74) is 1.08. The Balaban J connectivity index is 1.62. The molecule has 1 aromatic carbocycles. The molecule has 31 heavy (non-hydrogen) atoms. The van der Waals surface area contributed by atoms with Crippen LogP contribution in [0.4, 0.5) is 0 Å². The van der Waals surface area contributed by atoms with E-state index in [-0.39, 0.29) is 30.7 Å². The average molecular weight is 433 g/mol. The Morgan fingerprint density at radius 3 is 2.65 bits per heavy atom. The summed E-state index contributed by atoms with van der Waals surface area (Å²) in [7, 11) is 0. The molecule has 1 unspecified atom stereocenters. The Bertz CT molecular complexity index is 716. The molecule has 2 saturated heterocycles. The first kappa shape index (κ1) is 24.1. The first-order chi connectivity index (χ1) is 14.8. The number of carboxylic acids is 1. The second-order valence-electron chi connectivity index (χ2n) is 10.1. The highest BCUT2D eigenvalue weighted by molar-refractivity contribution is 5.66. The molecule has 174 valence electrons. The van der Waals surface area contributed by atoms with Gasteiger partial charge in [0.15, 0.2) is 0 Å². The van der Waals surface area contributed by atoms with Gasteiger partial charge >= 0.3 is 5.97 Å². The number of carboxylic acid groups (broad SMARTS) is 1. The van der Waals surface area contributed by atoms with Crippen LogP contribution in [-0.2, 0) is 16.0 Å². The van der Waals surface area contributed by atoms with Crippen molar-refractivity contribution in [3.05, 3.63) is 29.8 Å². The van der Waals surface area contributed by atoms with Crippen LogP contribution in [0.5, 0.6) is 5.75 Å². The maximum Gasteiger partial charge on any atom is 0.306 e. The third-order valence-corrected chi connectivity index (χ3v) is 7.44. The third-order valence-electron chi connectivity index (χ3n) is 7.44. The highest BCUT2D eigenvalue weighted by atomic mass is 16.5. The summed E-state index contributed by atoms with van der Waals surface area (Å²) in [5.74, 6) is 0.821. The average Bonchev–Trinajstić information content (AvgIpc) is 3.33. The van der Waals surface area contributed by atoms with E-state index in [9.17, 15) is 9.90 Å². The number of fused-ring (bicyclic) bond motifs is 2. The molecule has 3 rings (SSSR count). The summed E-state index contributed by atoms with van der Waals surface area (Å²) in [6.07, 6.45) is 8.60. The lowest BCUT2D eigenvalue weighted by atomic mass is 9.72. The molecule has 2 fully saturated rings. The number of carbonyl (C=O) groups is 1. The summed E-state index contributed by atoms with van der Waals surface area (Å²) >= 11 is 0. The molecule has 2 heterocycles. The van der Waals surface area contributed by atoms with Gasteiger partial charge in [-0.15, -0.1) is 0 Å². The number of aliphatic carboxylic acids is 1. The summed E-state index contributed by atoms with van der Waals surface area (Å²) in [6.45, 7) is 6.75. The Kier molecular flexibility index (Phi) is 8.40. The van der Waals surface area contributed by atoms with Crippen molar-refractivity contribution in [2.75, 3.05) is 6.61 Å². The fourth-order valence-corrected chi connectivity index (χ4v) is 5.41. The summed E-state index contributed by atoms with van der Waals surface area (Å²) in [6, 6.07) is 7.97. The fourth-order valence-electron chi connectivity index (χ4n) is 5.41. The number of unbranched alkanes of at least 4 members (excludes halogenated alkanes) is 1. The van der Waals surface area contributed by atoms with Crippen LogP contribution in [0.2, 0.25) is 0 Å². The lowest BCUT2D eigenvalue weighted by Crippen LogP contribution is -2.33. The van der Waals surface area contributed by atoms with Gasteiger partial charge in [0.05, 0.1) is 31.3 Å². The molecular formula is C26H40O5. The lowest BCUT2D eigenvalue weighted by Gasteiger charge is -2.34. The van der Waals surface area contributed by atoms with E-state index in [0.717, 1.165) is 62.7 Å². The van der Waals surface area contributed by atoms with Crippen molar-refractivity contribution in [1.29, 1.82) is 0 Å². The van der Waals surface area contributed by atoms with Gasteiger partial charge in [-0.25, -0.2) is 0 Å². The molecule has 2 aliphatic rings. The largest absolute Gasteiger partial charge is 0.493 e. The first-order valence-corrected chi connectivity index (χ1v) is 12.1. The predicted molar refractivity (Wildman–Crippen MR) is 121 cm³/mol. The number of rotatable bonds is 13. The number of ether oxygens (including phenoxy) is 2. The van der Waals surface area contributed by atoms with E-state index >= 15 is 0 Å². The Hall–Kier alpha value is -1.59. The van der Waals surface area contributed by atoms with Gasteiger partial charge < -0.3 is 19.7 Å². The van der Waals surface area contributed by atoms with E-state index in [0.29, 0.717) is 17.9 Å². The topological polar surface area (TPSA) is 76.0 Å². The second kappa shape index (κ2) is 10.8. The summed E-state index contributed by atoms with van der Waals surface area (Å²) in [5, 5.41) is 19.8. The van der Waals surface area contributed by atoms with Gasteiger partial charge in [0.25, 0.3) is 0 Å². The molecule has 5 nitrogen and oxygen atoms in total. The molecule has 0 aliphatic carbocycles. The van der Waals surface area contributed by atoms with Gasteiger partial charge in [0, 0.05) is 0 Å². The SMILES string of the molecule is CCCCC(C)(C)C(O)CC[C@@H]1[C@H](Cc2ccccc2OCCC(=O)O)[C@@H]2CC[C@H]1O2. The molecule has 0 spiro atoms. The Labute approximate surface area is 187 Å². The van der Waals surface area contributed by atoms with E-state index in [2.05, 4.69) is 26.8 Å². The maximum absolute atomic E-state index is 10.9. The van der Waals surface area contributed by atoms with Crippen LogP contribution in [-0.4, -0.2) is 41.1 Å². The Morgan fingerprint density at radius 1 is 1.23 bits per heavy atom. The Morgan fingerprint density at radius 2 is 1.94 bits per heavy atom. The van der Waals surface area contributed by atoms with Crippen molar-refractivity contribution >= 4 is 5.97 Å². The van der Waals surface area contributed by atoms with E-state index in [4.69, 9.17) is 14.6 Å². The predicted octanol–water partition coefficient (Wildman–Crippen LogP) is 5.23. The highest BCUT2D eigenvalue weighted by Crippen LogP contribution is 2.48. The van der Waals surface area contributed by atoms with Gasteiger partial charge in [0.2, 0.25) is 0 Å². The zero-order valence-corrected chi connectivity index (χ0v) is 19.4. The first-order valence-electron chi connectivity index (χ1n) is 12.1. The van der Waals surface area contributed by atoms with Gasteiger partial charge in [-0.1, -0.05) is 51.8 Å². The van der Waals surface area contributed by atoms with Crippen LogP contribution in [0.15, 0.2) is 24.3 Å². The molecule has 2 aliphatic heterocycles. The molecule has 5 heteroatoms. The zero-order valence-electron chi connectivity index (χ0n) is 19.4. The fraction of sp³-hybridized carbons (Fsp3) is 0.731. The number of para-hydroxylation sites is 1. The number of hydrogen-bond donors (Lipinski definition) is 2. The number of aliphatic hydroxyl groups is 1. The van der Waals surface area contributed by atoms with Crippen LogP contribution in [0, 0.1) is 17.3 Å². The molecule has 2 N–H and O–H groups in total. The molecule has 1 aromatic rings. The van der Waals surface area contributed by atoms with Crippen LogP contribution in [0.25, 0.3) is 0 Å². The third kappa shape index (κ3) is 6.23. The molecule has 2 bridgehead atoms. The molecule has 0 amide bonds. The van der Waals surface area contributed by atoms with Crippen LogP contribution in [0.3, 0.4) is 0 Å². The van der Waals surface area contributed by atoms with Crippen molar-refractivity contribution in [2.45, 2.75) is 96.9 Å². The minimum atomic E-state index is -0.848. The van der Waals surface area contributed by atoms with E-state index in [1.807, 2.05) is 18.2 Å². The maximum atomic E-state index is 10.9. The van der Waals surface area contributed by atoms with Crippen molar-refractivity contribution in [1.82, 2.24) is 0 Å². The van der Waals surface area contributed by atoms with Crippen LogP contribution in [0.1, 0.15) is 77.7 Å². The normalized spacial score (nSPS) is 26.2. The minimum Gasteiger partial charge on any atom is -0.493 e. The standard InChI is InChI=1S/C26H40O5/c1-4-5-15-26(2,3)24(27)13-10-19-20(23-12-11-22(19)31-23)17-18-8-6-7-9-21(18)30-16-14-25(28)29/h6-9,19-20,22-24,27H,4-5,10-17H2,1-3H3,(H,28,29)/t19-,20+,22-,23+,24?/m1/s1. The molecule has 0 aromatic heterocycles. The molecule has 0 saturated carbocycles. The summed E-state index contributed by atoms with van der Waals surface area (Å²) in [4.78, 5) is 10.8.